The number of ether oxygens (including phenoxy) is 4. The Morgan fingerprint density at radius 1 is 0.786 bits per heavy atom. The second kappa shape index (κ2) is 16.0. The van der Waals surface area contributed by atoms with Crippen molar-refractivity contribution in [2.75, 3.05) is 26.1 Å². The summed E-state index contributed by atoms with van der Waals surface area (Å²) in [6.07, 6.45) is 4.02. The molecule has 6 aromatic rings. The van der Waals surface area contributed by atoms with Crippen molar-refractivity contribution in [1.29, 1.82) is 0 Å². The van der Waals surface area contributed by atoms with E-state index in [1.807, 2.05) is 102 Å². The second-order valence-corrected chi connectivity index (χ2v) is 20.2. The highest BCUT2D eigenvalue weighted by Crippen LogP contribution is 2.45. The summed E-state index contributed by atoms with van der Waals surface area (Å²) in [5.74, 6) is 1.66. The molecule has 1 aliphatic rings. The summed E-state index contributed by atoms with van der Waals surface area (Å²) in [4.78, 5) is 22.2. The number of benzene rings is 4. The Kier molecular flexibility index (Phi) is 11.1. The molecular formula is C45H49N4O6Si. The number of amides is 1. The molecule has 1 radical (unpaired) electrons. The molecule has 1 saturated heterocycles. The van der Waals surface area contributed by atoms with Gasteiger partial charge in [-0.05, 0) is 77.3 Å². The molecule has 7 rings (SSSR count). The molecule has 0 bridgehead atoms. The van der Waals surface area contributed by atoms with E-state index >= 15 is 0 Å². The number of carbonyl (C=O) groups excluding carboxylic acids is 1. The van der Waals surface area contributed by atoms with Crippen LogP contribution in [-0.4, -0.2) is 61.8 Å². The molecule has 0 unspecified atom stereocenters. The van der Waals surface area contributed by atoms with Gasteiger partial charge in [0, 0.05) is 18.2 Å². The highest BCUT2D eigenvalue weighted by molar-refractivity contribution is 6.74. The Balaban J connectivity index is 1.26. The standard InChI is InChI=1S/C45H49N4O6Si/c1-44(2,3)56(6,7)55-38-28-40(49-27-26-37-41(46-30-47-42(37)49)48-43(50)31-14-10-8-11-15-31)54-39(38)29-53-45(32-16-12-9-13-17-32,33-18-22-35(51-4)23-19-33)34-20-24-36(52-5)25-21-34/h8-28,30,38-40H,29H2,1-7H3,(H,46,47,48,50)/t38-,39-,40-/m1/s1. The molecule has 0 saturated carbocycles. The van der Waals surface area contributed by atoms with Gasteiger partial charge >= 0.3 is 0 Å². The molecule has 3 heterocycles. The molecule has 56 heavy (non-hydrogen) atoms. The van der Waals surface area contributed by atoms with Crippen LogP contribution in [0.1, 0.15) is 54.0 Å². The van der Waals surface area contributed by atoms with E-state index in [-0.39, 0.29) is 17.6 Å². The van der Waals surface area contributed by atoms with Crippen molar-refractivity contribution in [2.45, 2.75) is 62.9 Å². The molecule has 289 valence electrons. The van der Waals surface area contributed by atoms with Crippen LogP contribution in [0.25, 0.3) is 11.0 Å². The normalized spacial score (nSPS) is 17.5. The minimum atomic E-state index is -2.30. The summed E-state index contributed by atoms with van der Waals surface area (Å²) in [5.41, 5.74) is 2.92. The smallest absolute Gasteiger partial charge is 0.256 e. The van der Waals surface area contributed by atoms with Gasteiger partial charge in [0.25, 0.3) is 5.91 Å². The first-order chi connectivity index (χ1) is 26.9. The van der Waals surface area contributed by atoms with Gasteiger partial charge in [0.1, 0.15) is 47.2 Å². The fourth-order valence-corrected chi connectivity index (χ4v) is 8.10. The zero-order valence-corrected chi connectivity index (χ0v) is 33.9. The molecule has 1 amide bonds. The minimum Gasteiger partial charge on any atom is -0.497 e. The van der Waals surface area contributed by atoms with Crippen molar-refractivity contribution in [1.82, 2.24) is 14.5 Å². The van der Waals surface area contributed by atoms with Crippen molar-refractivity contribution in [3.05, 3.63) is 156 Å². The number of carbonyl (C=O) groups is 1. The summed E-state index contributed by atoms with van der Waals surface area (Å²) in [5, 5.41) is 3.60. The maximum absolute atomic E-state index is 13.1. The lowest BCUT2D eigenvalue weighted by atomic mass is 9.80. The molecule has 0 aliphatic carbocycles. The average Bonchev–Trinajstić information content (AvgIpc) is 3.83. The van der Waals surface area contributed by atoms with Gasteiger partial charge in [0.15, 0.2) is 8.32 Å². The van der Waals surface area contributed by atoms with Crippen molar-refractivity contribution in [2.24, 2.45) is 0 Å². The van der Waals surface area contributed by atoms with E-state index in [9.17, 15) is 4.79 Å². The number of rotatable bonds is 13. The van der Waals surface area contributed by atoms with E-state index in [0.717, 1.165) is 28.2 Å². The van der Waals surface area contributed by atoms with Gasteiger partial charge in [-0.2, -0.15) is 0 Å². The van der Waals surface area contributed by atoms with E-state index in [1.54, 1.807) is 26.4 Å². The van der Waals surface area contributed by atoms with Gasteiger partial charge in [-0.25, -0.2) is 9.97 Å². The number of fused-ring (bicyclic) bond motifs is 1. The lowest BCUT2D eigenvalue weighted by molar-refractivity contribution is -0.0911. The summed E-state index contributed by atoms with van der Waals surface area (Å²) >= 11 is 0. The van der Waals surface area contributed by atoms with Gasteiger partial charge in [-0.3, -0.25) is 4.79 Å². The van der Waals surface area contributed by atoms with Crippen LogP contribution in [0.2, 0.25) is 18.1 Å². The first-order valence-corrected chi connectivity index (χ1v) is 21.7. The lowest BCUT2D eigenvalue weighted by Gasteiger charge is -2.40. The van der Waals surface area contributed by atoms with Crippen molar-refractivity contribution >= 4 is 31.1 Å². The lowest BCUT2D eigenvalue weighted by Crippen LogP contribution is -2.47. The van der Waals surface area contributed by atoms with Crippen LogP contribution >= 0.6 is 0 Å². The van der Waals surface area contributed by atoms with E-state index in [0.29, 0.717) is 22.4 Å². The van der Waals surface area contributed by atoms with E-state index in [2.05, 4.69) is 67.7 Å². The molecule has 10 nitrogen and oxygen atoms in total. The van der Waals surface area contributed by atoms with Crippen LogP contribution in [0.3, 0.4) is 0 Å². The third kappa shape index (κ3) is 7.72. The number of nitrogens with one attached hydrogen (secondary N) is 1. The van der Waals surface area contributed by atoms with Crippen molar-refractivity contribution < 1.29 is 28.2 Å². The van der Waals surface area contributed by atoms with E-state index in [1.165, 1.54) is 6.33 Å². The maximum Gasteiger partial charge on any atom is 0.256 e. The molecule has 11 heteroatoms. The Bertz CT molecular complexity index is 2190. The number of methoxy groups -OCH3 is 2. The number of hydrogen-bond donors (Lipinski definition) is 1. The van der Waals surface area contributed by atoms with Crippen LogP contribution in [0, 0.1) is 6.42 Å². The van der Waals surface area contributed by atoms with Crippen LogP contribution < -0.4 is 14.8 Å². The van der Waals surface area contributed by atoms with E-state index in [4.69, 9.17) is 23.4 Å². The van der Waals surface area contributed by atoms with Crippen LogP contribution in [-0.2, 0) is 19.5 Å². The fourth-order valence-electron chi connectivity index (χ4n) is 6.84. The second-order valence-electron chi connectivity index (χ2n) is 15.4. The summed E-state index contributed by atoms with van der Waals surface area (Å²) in [6, 6.07) is 37.2. The van der Waals surface area contributed by atoms with Crippen molar-refractivity contribution in [3.8, 4) is 11.5 Å². The maximum atomic E-state index is 13.1. The molecule has 2 aromatic heterocycles. The highest BCUT2D eigenvalue weighted by Gasteiger charge is 2.47. The van der Waals surface area contributed by atoms with Gasteiger partial charge in [-0.1, -0.05) is 93.6 Å². The Labute approximate surface area is 329 Å². The first-order valence-electron chi connectivity index (χ1n) is 18.8. The van der Waals surface area contributed by atoms with E-state index < -0.39 is 32.4 Å². The third-order valence-corrected chi connectivity index (χ3v) is 15.4. The molecule has 0 spiro atoms. The molecule has 1 fully saturated rings. The third-order valence-electron chi connectivity index (χ3n) is 11.0. The zero-order valence-electron chi connectivity index (χ0n) is 32.9. The van der Waals surface area contributed by atoms with Gasteiger partial charge in [0.2, 0.25) is 0 Å². The molecular weight excluding hydrogens is 721 g/mol. The first kappa shape index (κ1) is 38.9. The van der Waals surface area contributed by atoms with Crippen LogP contribution in [0.15, 0.2) is 128 Å². The van der Waals surface area contributed by atoms with Crippen LogP contribution in [0.5, 0.6) is 11.5 Å². The quantitative estimate of drug-likeness (QED) is 0.0916. The van der Waals surface area contributed by atoms with Crippen molar-refractivity contribution in [3.63, 3.8) is 0 Å². The number of anilines is 1. The number of aromatic nitrogens is 3. The summed E-state index contributed by atoms with van der Waals surface area (Å²) in [7, 11) is 1.02. The average molecular weight is 770 g/mol. The number of hydrogen-bond acceptors (Lipinski definition) is 8. The predicted molar refractivity (Wildman–Crippen MR) is 220 cm³/mol. The monoisotopic (exact) mass is 769 g/mol. The van der Waals surface area contributed by atoms with Gasteiger partial charge < -0.3 is 33.3 Å². The summed E-state index contributed by atoms with van der Waals surface area (Å²) in [6.45, 7) is 11.4. The predicted octanol–water partition coefficient (Wildman–Crippen LogP) is 9.20. The topological polar surface area (TPSA) is 106 Å². The Morgan fingerprint density at radius 3 is 1.93 bits per heavy atom. The molecule has 3 atom stereocenters. The van der Waals surface area contributed by atoms with Gasteiger partial charge in [-0.15, -0.1) is 0 Å². The minimum absolute atomic E-state index is 0.0520. The largest absolute Gasteiger partial charge is 0.497 e. The Morgan fingerprint density at radius 2 is 1.36 bits per heavy atom. The summed E-state index contributed by atoms with van der Waals surface area (Å²) < 4.78 is 34.5. The van der Waals surface area contributed by atoms with Crippen LogP contribution in [0.4, 0.5) is 5.82 Å². The fraction of sp³-hybridized carbons (Fsp3) is 0.289. The molecule has 1 N–H and O–H groups in total. The molecule has 1 aliphatic heterocycles. The zero-order chi connectivity index (χ0) is 39.5. The molecule has 4 aromatic carbocycles. The Hall–Kier alpha value is -5.33. The highest BCUT2D eigenvalue weighted by atomic mass is 28.4. The van der Waals surface area contributed by atoms with Gasteiger partial charge in [0.05, 0.1) is 32.3 Å². The number of nitrogens with zero attached hydrogens (tertiary/aromatic N) is 3. The SMILES string of the molecule is COc1ccc(C(OC[C@H]2O[C@@H](n3ccc4c(NC(=O)c5ccccc5)ncnc43)[CH][C@H]2O[Si](C)(C)C(C)(C)C)(c2ccccc2)c2ccc(OC)cc2)cc1.